The monoisotopic (exact) mass is 522 g/mol. The molecule has 0 aromatic carbocycles. The van der Waals surface area contributed by atoms with E-state index in [0.717, 1.165) is 30.4 Å². The number of amidine groups is 1. The molecule has 3 rings (SSSR count). The number of aliphatic imine (C=N–C) groups is 1. The number of amides is 1. The van der Waals surface area contributed by atoms with E-state index in [9.17, 15) is 31.1 Å². The number of carbonyl (C=O) groups excluding carboxylic acids is 1. The highest BCUT2D eigenvalue weighted by Gasteiger charge is 2.44. The van der Waals surface area contributed by atoms with Crippen molar-refractivity contribution in [3.63, 3.8) is 0 Å². The summed E-state index contributed by atoms with van der Waals surface area (Å²) in [6, 6.07) is 1.28. The van der Waals surface area contributed by atoms with Gasteiger partial charge in [0, 0.05) is 5.56 Å². The molecule has 1 aliphatic heterocycles. The molecule has 0 saturated carbocycles. The number of nitrogens with zero attached hydrogens (tertiary/aromatic N) is 4. The van der Waals surface area contributed by atoms with Crippen LogP contribution in [0.1, 0.15) is 36.3 Å². The molecule has 3 N–H and O–H groups in total. The number of rotatable bonds is 8. The minimum atomic E-state index is -4.38. The van der Waals surface area contributed by atoms with E-state index in [0.29, 0.717) is 0 Å². The summed E-state index contributed by atoms with van der Waals surface area (Å²) in [6.07, 6.45) is -1.09. The molecule has 35 heavy (non-hydrogen) atoms. The number of alkyl halides is 5. The lowest BCUT2D eigenvalue weighted by Gasteiger charge is -2.39. The van der Waals surface area contributed by atoms with Crippen LogP contribution in [0.15, 0.2) is 29.6 Å². The van der Waals surface area contributed by atoms with Crippen molar-refractivity contribution < 1.29 is 35.9 Å². The molecule has 8 nitrogen and oxygen atoms in total. The van der Waals surface area contributed by atoms with Gasteiger partial charge in [-0.2, -0.15) is 13.2 Å². The fourth-order valence-electron chi connectivity index (χ4n) is 3.38. The van der Waals surface area contributed by atoms with Crippen LogP contribution in [0.5, 0.6) is 5.88 Å². The van der Waals surface area contributed by atoms with Crippen LogP contribution in [-0.4, -0.2) is 56.4 Å². The highest BCUT2D eigenvalue weighted by Crippen LogP contribution is 2.46. The predicted molar refractivity (Wildman–Crippen MR) is 116 cm³/mol. The van der Waals surface area contributed by atoms with Gasteiger partial charge < -0.3 is 15.8 Å². The summed E-state index contributed by atoms with van der Waals surface area (Å²) in [4.78, 5) is 27.7. The van der Waals surface area contributed by atoms with Crippen molar-refractivity contribution in [2.75, 3.05) is 18.6 Å². The normalized spacial score (nSPS) is 22.6. The number of anilines is 1. The van der Waals surface area contributed by atoms with Gasteiger partial charge in [-0.15, -0.1) is 0 Å². The molecule has 3 heterocycles. The molecular formula is C20H20F6N6O2S. The number of nitrogens with two attached hydrogens (primary N) is 1. The molecular weight excluding hydrogens is 502 g/mol. The molecule has 0 fully saturated rings. The van der Waals surface area contributed by atoms with E-state index < -0.39 is 53.7 Å². The number of nitrogens with one attached hydrogen (secondary N) is 1. The lowest BCUT2D eigenvalue weighted by Crippen LogP contribution is -2.42. The molecule has 15 heteroatoms. The SMILES string of the molecule is C[C@]1(CF)C[C@@](C)(c2cc(NC(=O)c3cnc(OCC(F)(F)C(F)F)cn3)cnc2F)N=C(N)S1. The van der Waals surface area contributed by atoms with Crippen LogP contribution in [0.3, 0.4) is 0 Å². The highest BCUT2D eigenvalue weighted by molar-refractivity contribution is 8.15. The highest BCUT2D eigenvalue weighted by atomic mass is 32.2. The minimum absolute atomic E-state index is 0.0204. The molecule has 0 bridgehead atoms. The number of pyridine rings is 1. The molecule has 1 amide bonds. The van der Waals surface area contributed by atoms with Gasteiger partial charge in [0.1, 0.15) is 12.4 Å². The third-order valence-corrected chi connectivity index (χ3v) is 6.03. The van der Waals surface area contributed by atoms with E-state index in [-0.39, 0.29) is 28.5 Å². The smallest absolute Gasteiger partial charge is 0.340 e. The standard InChI is InChI=1S/C20H20F6N6O2S/c1-18(8-21)7-19(2,32-17(27)35-18)11-3-10(4-30-14(11)22)31-15(33)12-5-29-13(6-28-12)34-9-20(25,26)16(23)24/h3-6,16H,7-9H2,1-2H3,(H2,27,32)(H,31,33)/t18-,19+/m1/s1. The van der Waals surface area contributed by atoms with Gasteiger partial charge in [0.2, 0.25) is 11.8 Å². The zero-order valence-electron chi connectivity index (χ0n) is 18.4. The minimum Gasteiger partial charge on any atom is -0.470 e. The number of hydrogen-bond acceptors (Lipinski definition) is 8. The van der Waals surface area contributed by atoms with Crippen molar-refractivity contribution in [2.45, 2.75) is 42.9 Å². The summed E-state index contributed by atoms with van der Waals surface area (Å²) in [6.45, 7) is 0.851. The van der Waals surface area contributed by atoms with Crippen LogP contribution < -0.4 is 15.8 Å². The zero-order valence-corrected chi connectivity index (χ0v) is 19.2. The van der Waals surface area contributed by atoms with Gasteiger partial charge in [-0.25, -0.2) is 28.1 Å². The van der Waals surface area contributed by atoms with Gasteiger partial charge >= 0.3 is 12.3 Å². The van der Waals surface area contributed by atoms with Crippen LogP contribution in [0, 0.1) is 5.95 Å². The van der Waals surface area contributed by atoms with E-state index in [1.807, 2.05) is 0 Å². The lowest BCUT2D eigenvalue weighted by molar-refractivity contribution is -0.148. The summed E-state index contributed by atoms with van der Waals surface area (Å²) in [7, 11) is 0. The Labute approximate surface area is 199 Å². The first-order chi connectivity index (χ1) is 16.3. The van der Waals surface area contributed by atoms with Crippen LogP contribution in [0.25, 0.3) is 0 Å². The first kappa shape index (κ1) is 26.5. The Morgan fingerprint density at radius 3 is 2.57 bits per heavy atom. The Hall–Kier alpha value is -3.10. The van der Waals surface area contributed by atoms with Crippen LogP contribution >= 0.6 is 11.8 Å². The summed E-state index contributed by atoms with van der Waals surface area (Å²) in [5, 5.41) is 2.51. The van der Waals surface area contributed by atoms with Crippen LogP contribution in [0.2, 0.25) is 0 Å². The van der Waals surface area contributed by atoms with Crippen LogP contribution in [0.4, 0.5) is 32.0 Å². The maximum absolute atomic E-state index is 14.6. The first-order valence-electron chi connectivity index (χ1n) is 9.95. The average molecular weight is 522 g/mol. The second kappa shape index (κ2) is 9.87. The van der Waals surface area contributed by atoms with Crippen molar-refractivity contribution in [1.82, 2.24) is 15.0 Å². The largest absolute Gasteiger partial charge is 0.470 e. The summed E-state index contributed by atoms with van der Waals surface area (Å²) < 4.78 is 82.0. The van der Waals surface area contributed by atoms with E-state index in [1.165, 1.54) is 6.07 Å². The fraction of sp³-hybridized carbons (Fsp3) is 0.450. The van der Waals surface area contributed by atoms with Gasteiger partial charge in [0.25, 0.3) is 5.91 Å². The molecule has 2 atom stereocenters. The zero-order chi connectivity index (χ0) is 26.0. The van der Waals surface area contributed by atoms with Gasteiger partial charge in [-0.1, -0.05) is 11.8 Å². The Bertz CT molecular complexity index is 1120. The Morgan fingerprint density at radius 1 is 1.26 bits per heavy atom. The molecule has 2 aromatic heterocycles. The van der Waals surface area contributed by atoms with E-state index in [1.54, 1.807) is 13.8 Å². The molecule has 0 saturated heterocycles. The van der Waals surface area contributed by atoms with Crippen molar-refractivity contribution in [1.29, 1.82) is 0 Å². The van der Waals surface area contributed by atoms with Crippen molar-refractivity contribution >= 4 is 28.5 Å². The van der Waals surface area contributed by atoms with E-state index >= 15 is 0 Å². The van der Waals surface area contributed by atoms with Crippen molar-refractivity contribution in [3.8, 4) is 5.88 Å². The van der Waals surface area contributed by atoms with E-state index in [4.69, 9.17) is 5.73 Å². The molecule has 0 unspecified atom stereocenters. The predicted octanol–water partition coefficient (Wildman–Crippen LogP) is 3.94. The topological polar surface area (TPSA) is 115 Å². The van der Waals surface area contributed by atoms with E-state index in [2.05, 4.69) is 30.0 Å². The van der Waals surface area contributed by atoms with Gasteiger partial charge in [-0.05, 0) is 26.3 Å². The molecule has 2 aromatic rings. The summed E-state index contributed by atoms with van der Waals surface area (Å²) >= 11 is 1.05. The molecule has 0 radical (unpaired) electrons. The molecule has 0 aliphatic carbocycles. The average Bonchev–Trinajstić information content (AvgIpc) is 2.78. The number of ether oxygens (including phenoxy) is 1. The van der Waals surface area contributed by atoms with Gasteiger partial charge in [0.05, 0.1) is 34.6 Å². The second-order valence-electron chi connectivity index (χ2n) is 8.19. The Balaban J connectivity index is 1.75. The maximum atomic E-state index is 14.6. The van der Waals surface area contributed by atoms with Gasteiger partial charge in [0.15, 0.2) is 11.8 Å². The van der Waals surface area contributed by atoms with Crippen LogP contribution in [-0.2, 0) is 5.54 Å². The first-order valence-corrected chi connectivity index (χ1v) is 10.8. The van der Waals surface area contributed by atoms with Crippen molar-refractivity contribution in [3.05, 3.63) is 41.9 Å². The third kappa shape index (κ3) is 6.13. The number of hydrogen-bond donors (Lipinski definition) is 2. The number of thioether (sulfide) groups is 1. The fourth-order valence-corrected chi connectivity index (χ4v) is 4.54. The third-order valence-electron chi connectivity index (χ3n) is 4.98. The summed E-state index contributed by atoms with van der Waals surface area (Å²) in [5.41, 5.74) is 4.34. The lowest BCUT2D eigenvalue weighted by atomic mass is 9.84. The summed E-state index contributed by atoms with van der Waals surface area (Å²) in [5.74, 6) is -6.57. The number of carbonyl (C=O) groups is 1. The second-order valence-corrected chi connectivity index (χ2v) is 9.80. The van der Waals surface area contributed by atoms with Gasteiger partial charge in [-0.3, -0.25) is 9.79 Å². The molecule has 0 spiro atoms. The Morgan fingerprint density at radius 2 is 1.97 bits per heavy atom. The molecule has 1 aliphatic rings. The maximum Gasteiger partial charge on any atom is 0.340 e. The number of halogens is 6. The molecule has 190 valence electrons. The number of aromatic nitrogens is 3. The quantitative estimate of drug-likeness (QED) is 0.399. The Kier molecular flexibility index (Phi) is 7.48. The van der Waals surface area contributed by atoms with Crippen molar-refractivity contribution in [2.24, 2.45) is 10.7 Å².